The summed E-state index contributed by atoms with van der Waals surface area (Å²) in [5, 5.41) is 4.72. The van der Waals surface area contributed by atoms with Crippen molar-refractivity contribution in [3.8, 4) is 0 Å². The van der Waals surface area contributed by atoms with Crippen molar-refractivity contribution in [1.29, 1.82) is 0 Å². The smallest absolute Gasteiger partial charge is 0.157 e. The highest BCUT2D eigenvalue weighted by atomic mass is 32.2. The zero-order valence-electron chi connectivity index (χ0n) is 10.2. The number of rotatable bonds is 3. The molecule has 2 heterocycles. The molecule has 16 heavy (non-hydrogen) atoms. The van der Waals surface area contributed by atoms with Crippen LogP contribution in [0.3, 0.4) is 0 Å². The van der Waals surface area contributed by atoms with Crippen molar-refractivity contribution in [2.45, 2.75) is 18.4 Å². The first kappa shape index (κ1) is 12.2. The van der Waals surface area contributed by atoms with Crippen LogP contribution < -0.4 is 5.32 Å². The van der Waals surface area contributed by atoms with Crippen LogP contribution in [0.2, 0.25) is 0 Å². The third kappa shape index (κ3) is 3.12. The normalized spacial score (nSPS) is 26.6. The van der Waals surface area contributed by atoms with E-state index in [1.54, 1.807) is 0 Å². The van der Waals surface area contributed by atoms with Gasteiger partial charge >= 0.3 is 0 Å². The first-order valence-electron chi connectivity index (χ1n) is 5.88. The highest BCUT2D eigenvalue weighted by Gasteiger charge is 2.38. The Bertz CT molecular complexity index is 262. The van der Waals surface area contributed by atoms with Gasteiger partial charge in [0.05, 0.1) is 12.1 Å². The first-order chi connectivity index (χ1) is 7.70. The second-order valence-electron chi connectivity index (χ2n) is 4.80. The van der Waals surface area contributed by atoms with Gasteiger partial charge in [-0.05, 0) is 26.9 Å². The van der Waals surface area contributed by atoms with Gasteiger partial charge in [-0.1, -0.05) is 11.8 Å². The molecule has 0 aromatic heterocycles. The van der Waals surface area contributed by atoms with Crippen LogP contribution in [-0.4, -0.2) is 61.8 Å². The molecule has 4 nitrogen and oxygen atoms in total. The van der Waals surface area contributed by atoms with Gasteiger partial charge in [-0.2, -0.15) is 0 Å². The van der Waals surface area contributed by atoms with Crippen LogP contribution in [0.5, 0.6) is 0 Å². The minimum Gasteiger partial charge on any atom is -0.381 e. The Labute approximate surface area is 102 Å². The zero-order chi connectivity index (χ0) is 11.4. The van der Waals surface area contributed by atoms with Gasteiger partial charge in [0, 0.05) is 25.5 Å². The molecule has 0 aliphatic carbocycles. The molecule has 2 aliphatic heterocycles. The lowest BCUT2D eigenvalue weighted by molar-refractivity contribution is 0.0555. The van der Waals surface area contributed by atoms with Gasteiger partial charge in [0.15, 0.2) is 5.17 Å². The van der Waals surface area contributed by atoms with Crippen molar-refractivity contribution in [3.63, 3.8) is 0 Å². The Hall–Kier alpha value is -0.260. The number of nitrogens with zero attached hydrogens (tertiary/aromatic N) is 2. The molecule has 0 bridgehead atoms. The summed E-state index contributed by atoms with van der Waals surface area (Å²) in [6.07, 6.45) is 2.24. The van der Waals surface area contributed by atoms with Crippen LogP contribution in [0, 0.1) is 0 Å². The van der Waals surface area contributed by atoms with Crippen LogP contribution in [0.1, 0.15) is 12.8 Å². The molecule has 0 aromatic rings. The molecule has 0 atom stereocenters. The molecule has 0 amide bonds. The van der Waals surface area contributed by atoms with E-state index in [1.807, 2.05) is 11.8 Å². The Balaban J connectivity index is 1.82. The molecule has 0 aromatic carbocycles. The van der Waals surface area contributed by atoms with Gasteiger partial charge < -0.3 is 15.0 Å². The SMILES string of the molecule is CN(C)CCN=C1NC2(CCOCC2)CS1. The summed E-state index contributed by atoms with van der Waals surface area (Å²) in [5.41, 5.74) is 0.278. The fourth-order valence-corrected chi connectivity index (χ4v) is 3.22. The number of amidine groups is 1. The van der Waals surface area contributed by atoms with E-state index in [9.17, 15) is 0 Å². The van der Waals surface area contributed by atoms with Crippen molar-refractivity contribution in [2.75, 3.05) is 46.2 Å². The molecule has 92 valence electrons. The molecule has 2 saturated heterocycles. The van der Waals surface area contributed by atoms with Gasteiger partial charge in [-0.15, -0.1) is 0 Å². The molecule has 1 spiro atoms. The van der Waals surface area contributed by atoms with E-state index < -0.39 is 0 Å². The topological polar surface area (TPSA) is 36.9 Å². The van der Waals surface area contributed by atoms with Crippen molar-refractivity contribution in [3.05, 3.63) is 0 Å². The van der Waals surface area contributed by atoms with Crippen molar-refractivity contribution in [2.24, 2.45) is 4.99 Å². The molecular weight excluding hydrogens is 222 g/mol. The summed E-state index contributed by atoms with van der Waals surface area (Å²) in [4.78, 5) is 6.76. The van der Waals surface area contributed by atoms with E-state index in [1.165, 1.54) is 0 Å². The van der Waals surface area contributed by atoms with Gasteiger partial charge in [0.1, 0.15) is 0 Å². The van der Waals surface area contributed by atoms with E-state index in [0.29, 0.717) is 0 Å². The highest BCUT2D eigenvalue weighted by molar-refractivity contribution is 8.14. The Morgan fingerprint density at radius 3 is 2.88 bits per heavy atom. The van der Waals surface area contributed by atoms with E-state index in [4.69, 9.17) is 4.74 Å². The fourth-order valence-electron chi connectivity index (χ4n) is 1.97. The number of ether oxygens (including phenoxy) is 1. The monoisotopic (exact) mass is 243 g/mol. The summed E-state index contributed by atoms with van der Waals surface area (Å²) < 4.78 is 5.41. The maximum Gasteiger partial charge on any atom is 0.157 e. The maximum atomic E-state index is 5.41. The number of hydrogen-bond acceptors (Lipinski definition) is 4. The molecule has 1 N–H and O–H groups in total. The average Bonchev–Trinajstić information content (AvgIpc) is 2.62. The van der Waals surface area contributed by atoms with Crippen molar-refractivity contribution >= 4 is 16.9 Å². The predicted octanol–water partition coefficient (Wildman–Crippen LogP) is 0.790. The molecular formula is C11H21N3OS. The number of thioether (sulfide) groups is 1. The van der Waals surface area contributed by atoms with Crippen molar-refractivity contribution < 1.29 is 4.74 Å². The summed E-state index contributed by atoms with van der Waals surface area (Å²) in [5.74, 6) is 1.15. The van der Waals surface area contributed by atoms with Gasteiger partial charge in [-0.25, -0.2) is 0 Å². The fraction of sp³-hybridized carbons (Fsp3) is 0.909. The maximum absolute atomic E-state index is 5.41. The molecule has 0 unspecified atom stereocenters. The minimum absolute atomic E-state index is 0.278. The first-order valence-corrected chi connectivity index (χ1v) is 6.87. The zero-order valence-corrected chi connectivity index (χ0v) is 11.0. The highest BCUT2D eigenvalue weighted by Crippen LogP contribution is 2.31. The van der Waals surface area contributed by atoms with Gasteiger partial charge in [0.2, 0.25) is 0 Å². The van der Waals surface area contributed by atoms with E-state index >= 15 is 0 Å². The van der Waals surface area contributed by atoms with E-state index in [-0.39, 0.29) is 5.54 Å². The molecule has 5 heteroatoms. The molecule has 2 aliphatic rings. The second kappa shape index (κ2) is 5.38. The predicted molar refractivity (Wildman–Crippen MR) is 69.2 cm³/mol. The van der Waals surface area contributed by atoms with Gasteiger partial charge in [0.25, 0.3) is 0 Å². The minimum atomic E-state index is 0.278. The molecule has 0 radical (unpaired) electrons. The van der Waals surface area contributed by atoms with Gasteiger partial charge in [-0.3, -0.25) is 4.99 Å². The van der Waals surface area contributed by atoms with Crippen LogP contribution in [-0.2, 0) is 4.74 Å². The lowest BCUT2D eigenvalue weighted by Gasteiger charge is -2.32. The number of hydrogen-bond donors (Lipinski definition) is 1. The lowest BCUT2D eigenvalue weighted by atomic mass is 9.93. The Kier molecular flexibility index (Phi) is 4.10. The molecule has 0 saturated carbocycles. The third-order valence-electron chi connectivity index (χ3n) is 3.11. The Morgan fingerprint density at radius 1 is 1.44 bits per heavy atom. The molecule has 2 fully saturated rings. The summed E-state index contributed by atoms with van der Waals surface area (Å²) in [6, 6.07) is 0. The standard InChI is InChI=1S/C11H21N3OS/c1-14(2)6-5-12-10-13-11(9-16-10)3-7-15-8-4-11/h3-9H2,1-2H3,(H,12,13). The van der Waals surface area contributed by atoms with Crippen LogP contribution in [0.25, 0.3) is 0 Å². The second-order valence-corrected chi connectivity index (χ2v) is 5.76. The number of likely N-dealkylation sites (N-methyl/N-ethyl adjacent to an activating group) is 1. The quantitative estimate of drug-likeness (QED) is 0.795. The Morgan fingerprint density at radius 2 is 2.19 bits per heavy atom. The van der Waals surface area contributed by atoms with E-state index in [2.05, 4.69) is 29.3 Å². The summed E-state index contributed by atoms with van der Waals surface area (Å²) >= 11 is 1.86. The van der Waals surface area contributed by atoms with Crippen LogP contribution in [0.4, 0.5) is 0 Å². The number of aliphatic imine (C=N–C) groups is 1. The largest absolute Gasteiger partial charge is 0.381 e. The van der Waals surface area contributed by atoms with Crippen LogP contribution in [0.15, 0.2) is 4.99 Å². The van der Waals surface area contributed by atoms with E-state index in [0.717, 1.165) is 50.1 Å². The van der Waals surface area contributed by atoms with Crippen LogP contribution >= 0.6 is 11.8 Å². The summed E-state index contributed by atoms with van der Waals surface area (Å²) in [6.45, 7) is 3.67. The lowest BCUT2D eigenvalue weighted by Crippen LogP contribution is -2.48. The summed E-state index contributed by atoms with van der Waals surface area (Å²) in [7, 11) is 4.16. The third-order valence-corrected chi connectivity index (χ3v) is 4.31. The molecule has 2 rings (SSSR count). The average molecular weight is 243 g/mol. The van der Waals surface area contributed by atoms with Crippen molar-refractivity contribution in [1.82, 2.24) is 10.2 Å². The number of nitrogens with one attached hydrogen (secondary N) is 1.